The Hall–Kier alpha value is -1.37. The van der Waals surface area contributed by atoms with Crippen LogP contribution in [-0.2, 0) is 4.74 Å². The molecule has 2 aliphatic heterocycles. The maximum absolute atomic E-state index is 12.2. The van der Waals surface area contributed by atoms with Gasteiger partial charge in [0.1, 0.15) is 5.60 Å². The van der Waals surface area contributed by atoms with E-state index in [9.17, 15) is 4.79 Å². The molecule has 3 heterocycles. The van der Waals surface area contributed by atoms with E-state index in [1.807, 2.05) is 25.7 Å². The molecular formula is C14H19BrN4O2. The van der Waals surface area contributed by atoms with Gasteiger partial charge in [-0.25, -0.2) is 14.8 Å². The van der Waals surface area contributed by atoms with Gasteiger partial charge < -0.3 is 14.5 Å². The molecule has 0 aromatic carbocycles. The third kappa shape index (κ3) is 2.97. The number of carbonyl (C=O) groups is 1. The van der Waals surface area contributed by atoms with E-state index < -0.39 is 5.60 Å². The lowest BCUT2D eigenvalue weighted by Gasteiger charge is -2.35. The molecule has 0 unspecified atom stereocenters. The van der Waals surface area contributed by atoms with Gasteiger partial charge in [0.05, 0.1) is 16.6 Å². The maximum Gasteiger partial charge on any atom is 0.410 e. The second-order valence-corrected chi connectivity index (χ2v) is 7.45. The van der Waals surface area contributed by atoms with Crippen LogP contribution in [0.4, 0.5) is 10.7 Å². The molecule has 2 atom stereocenters. The number of hydrogen-bond acceptors (Lipinski definition) is 5. The summed E-state index contributed by atoms with van der Waals surface area (Å²) in [5, 5.41) is 0. The van der Waals surface area contributed by atoms with E-state index in [1.54, 1.807) is 12.4 Å². The van der Waals surface area contributed by atoms with E-state index in [-0.39, 0.29) is 18.2 Å². The fraction of sp³-hybridized carbons (Fsp3) is 0.643. The Kier molecular flexibility index (Phi) is 3.55. The highest BCUT2D eigenvalue weighted by atomic mass is 79.9. The van der Waals surface area contributed by atoms with Crippen molar-refractivity contribution >= 4 is 28.0 Å². The molecular weight excluding hydrogens is 336 g/mol. The lowest BCUT2D eigenvalue weighted by Crippen LogP contribution is -2.50. The first-order valence-electron chi connectivity index (χ1n) is 7.07. The number of hydrogen-bond donors (Lipinski definition) is 0. The summed E-state index contributed by atoms with van der Waals surface area (Å²) in [5.41, 5.74) is -0.451. The molecule has 0 saturated carbocycles. The highest BCUT2D eigenvalue weighted by molar-refractivity contribution is 9.10. The lowest BCUT2D eigenvalue weighted by molar-refractivity contribution is 0.0214. The number of amides is 1. The van der Waals surface area contributed by atoms with Crippen molar-refractivity contribution in [3.63, 3.8) is 0 Å². The van der Waals surface area contributed by atoms with Crippen molar-refractivity contribution in [2.45, 2.75) is 44.9 Å². The van der Waals surface area contributed by atoms with Crippen LogP contribution in [0.25, 0.3) is 0 Å². The first-order valence-corrected chi connectivity index (χ1v) is 7.86. The number of halogens is 1. The molecule has 21 heavy (non-hydrogen) atoms. The minimum absolute atomic E-state index is 0.192. The van der Waals surface area contributed by atoms with Gasteiger partial charge in [0.2, 0.25) is 5.95 Å². The summed E-state index contributed by atoms with van der Waals surface area (Å²) >= 11 is 3.34. The number of ether oxygens (including phenoxy) is 1. The molecule has 2 saturated heterocycles. The predicted molar refractivity (Wildman–Crippen MR) is 82.2 cm³/mol. The molecule has 114 valence electrons. The third-order valence-corrected chi connectivity index (χ3v) is 4.14. The molecule has 1 aromatic rings. The van der Waals surface area contributed by atoms with Gasteiger partial charge in [-0.3, -0.25) is 0 Å². The minimum atomic E-state index is -0.451. The summed E-state index contributed by atoms with van der Waals surface area (Å²) in [6, 6.07) is 0.473. The average molecular weight is 355 g/mol. The fourth-order valence-corrected chi connectivity index (χ4v) is 3.11. The highest BCUT2D eigenvalue weighted by Gasteiger charge is 2.47. The van der Waals surface area contributed by atoms with Crippen molar-refractivity contribution in [1.82, 2.24) is 14.9 Å². The van der Waals surface area contributed by atoms with E-state index in [0.717, 1.165) is 23.4 Å². The van der Waals surface area contributed by atoms with Crippen molar-refractivity contribution in [3.8, 4) is 0 Å². The monoisotopic (exact) mass is 354 g/mol. The van der Waals surface area contributed by atoms with Gasteiger partial charge in [-0.15, -0.1) is 0 Å². The number of piperazine rings is 1. The standard InChI is InChI=1S/C14H19BrN4O2/c1-14(2,3)21-13(20)19-8-10-4-11(19)7-18(10)12-16-5-9(15)6-17-12/h5-6,10-11H,4,7-8H2,1-3H3/t10-,11-/m0/s1. The summed E-state index contributed by atoms with van der Waals surface area (Å²) in [6.45, 7) is 7.12. The third-order valence-electron chi connectivity index (χ3n) is 3.73. The molecule has 3 rings (SSSR count). The molecule has 2 bridgehead atoms. The summed E-state index contributed by atoms with van der Waals surface area (Å²) in [6.07, 6.45) is 4.24. The van der Waals surface area contributed by atoms with Gasteiger partial charge in [-0.05, 0) is 43.1 Å². The van der Waals surface area contributed by atoms with E-state index in [0.29, 0.717) is 6.54 Å². The molecule has 1 amide bonds. The van der Waals surface area contributed by atoms with Crippen molar-refractivity contribution in [2.75, 3.05) is 18.0 Å². The minimum Gasteiger partial charge on any atom is -0.444 e. The van der Waals surface area contributed by atoms with Gasteiger partial charge in [0.15, 0.2) is 0 Å². The number of fused-ring (bicyclic) bond motifs is 2. The Labute approximate surface area is 132 Å². The maximum atomic E-state index is 12.2. The van der Waals surface area contributed by atoms with Crippen LogP contribution in [0.1, 0.15) is 27.2 Å². The van der Waals surface area contributed by atoms with Gasteiger partial charge in [-0.2, -0.15) is 0 Å². The van der Waals surface area contributed by atoms with E-state index in [4.69, 9.17) is 4.74 Å². The lowest BCUT2D eigenvalue weighted by atomic mass is 10.2. The number of aromatic nitrogens is 2. The topological polar surface area (TPSA) is 58.6 Å². The fourth-order valence-electron chi connectivity index (χ4n) is 2.91. The van der Waals surface area contributed by atoms with Crippen molar-refractivity contribution in [2.24, 2.45) is 0 Å². The van der Waals surface area contributed by atoms with E-state index in [2.05, 4.69) is 30.8 Å². The second-order valence-electron chi connectivity index (χ2n) is 6.53. The summed E-state index contributed by atoms with van der Waals surface area (Å²) in [4.78, 5) is 24.9. The molecule has 7 heteroatoms. The summed E-state index contributed by atoms with van der Waals surface area (Å²) in [5.74, 6) is 0.731. The molecule has 0 radical (unpaired) electrons. The molecule has 0 spiro atoms. The number of anilines is 1. The molecule has 2 fully saturated rings. The van der Waals surface area contributed by atoms with Crippen molar-refractivity contribution in [1.29, 1.82) is 0 Å². The van der Waals surface area contributed by atoms with Crippen LogP contribution in [0.15, 0.2) is 16.9 Å². The second kappa shape index (κ2) is 5.12. The van der Waals surface area contributed by atoms with Gasteiger partial charge in [0.25, 0.3) is 0 Å². The molecule has 1 aromatic heterocycles. The SMILES string of the molecule is CC(C)(C)OC(=O)N1C[C@@H]2C[C@H]1CN2c1ncc(Br)cn1. The molecule has 0 N–H and O–H groups in total. The van der Waals surface area contributed by atoms with Gasteiger partial charge in [-0.1, -0.05) is 0 Å². The normalized spacial score (nSPS) is 24.6. The quantitative estimate of drug-likeness (QED) is 0.775. The zero-order valence-electron chi connectivity index (χ0n) is 12.4. The zero-order chi connectivity index (χ0) is 15.2. The Bertz CT molecular complexity index is 543. The Morgan fingerprint density at radius 2 is 1.95 bits per heavy atom. The van der Waals surface area contributed by atoms with Crippen LogP contribution in [0, 0.1) is 0 Å². The first-order chi connectivity index (χ1) is 9.83. The summed E-state index contributed by atoms with van der Waals surface area (Å²) < 4.78 is 6.33. The highest BCUT2D eigenvalue weighted by Crippen LogP contribution is 2.33. The summed E-state index contributed by atoms with van der Waals surface area (Å²) in [7, 11) is 0. The number of nitrogens with zero attached hydrogens (tertiary/aromatic N) is 4. The molecule has 6 nitrogen and oxygen atoms in total. The van der Waals surface area contributed by atoms with Gasteiger partial charge in [0, 0.05) is 25.5 Å². The van der Waals surface area contributed by atoms with Crippen LogP contribution in [0.5, 0.6) is 0 Å². The average Bonchev–Trinajstić information content (AvgIpc) is 2.97. The van der Waals surface area contributed by atoms with E-state index >= 15 is 0 Å². The smallest absolute Gasteiger partial charge is 0.410 e. The van der Waals surface area contributed by atoms with Crippen LogP contribution in [0.3, 0.4) is 0 Å². The van der Waals surface area contributed by atoms with E-state index in [1.165, 1.54) is 0 Å². The van der Waals surface area contributed by atoms with Crippen LogP contribution < -0.4 is 4.90 Å². The van der Waals surface area contributed by atoms with Crippen molar-refractivity contribution in [3.05, 3.63) is 16.9 Å². The Balaban J connectivity index is 1.66. The largest absolute Gasteiger partial charge is 0.444 e. The number of carbonyl (C=O) groups excluding carboxylic acids is 1. The molecule has 0 aliphatic carbocycles. The van der Waals surface area contributed by atoms with Crippen LogP contribution in [-0.4, -0.2) is 51.7 Å². The van der Waals surface area contributed by atoms with Gasteiger partial charge >= 0.3 is 6.09 Å². The van der Waals surface area contributed by atoms with Crippen LogP contribution >= 0.6 is 15.9 Å². The van der Waals surface area contributed by atoms with Crippen LogP contribution in [0.2, 0.25) is 0 Å². The van der Waals surface area contributed by atoms with Crippen molar-refractivity contribution < 1.29 is 9.53 Å². The first kappa shape index (κ1) is 14.6. The Morgan fingerprint density at radius 3 is 2.48 bits per heavy atom. The predicted octanol–water partition coefficient (Wildman–Crippen LogP) is 2.44. The zero-order valence-corrected chi connectivity index (χ0v) is 14.0. The number of rotatable bonds is 1. The Morgan fingerprint density at radius 1 is 1.29 bits per heavy atom. The molecule has 2 aliphatic rings. The number of likely N-dealkylation sites (tertiary alicyclic amines) is 1.